The maximum absolute atomic E-state index is 11.4. The Morgan fingerprint density at radius 3 is 3.00 bits per heavy atom. The van der Waals surface area contributed by atoms with Crippen molar-refractivity contribution in [3.8, 4) is 0 Å². The van der Waals surface area contributed by atoms with E-state index in [1.165, 1.54) is 18.4 Å². The highest BCUT2D eigenvalue weighted by molar-refractivity contribution is 7.15. The third-order valence-electron chi connectivity index (χ3n) is 2.80. The van der Waals surface area contributed by atoms with Gasteiger partial charge in [0.05, 0.1) is 19.3 Å². The van der Waals surface area contributed by atoms with Crippen molar-refractivity contribution < 1.29 is 14.3 Å². The van der Waals surface area contributed by atoms with Gasteiger partial charge in [0.2, 0.25) is 0 Å². The summed E-state index contributed by atoms with van der Waals surface area (Å²) < 4.78 is 10.0. The molecule has 0 radical (unpaired) electrons. The minimum Gasteiger partial charge on any atom is -0.464 e. The Kier molecular flexibility index (Phi) is 3.35. The lowest BCUT2D eigenvalue weighted by Gasteiger charge is -2.22. The van der Waals surface area contributed by atoms with Crippen LogP contribution in [0, 0.1) is 6.92 Å². The van der Waals surface area contributed by atoms with E-state index in [-0.39, 0.29) is 11.5 Å². The maximum Gasteiger partial charge on any atom is 0.357 e. The van der Waals surface area contributed by atoms with Gasteiger partial charge >= 0.3 is 5.97 Å². The van der Waals surface area contributed by atoms with E-state index in [9.17, 15) is 4.79 Å². The van der Waals surface area contributed by atoms with E-state index < -0.39 is 0 Å². The molecule has 1 N–H and O–H groups in total. The van der Waals surface area contributed by atoms with Gasteiger partial charge in [0, 0.05) is 11.5 Å². The van der Waals surface area contributed by atoms with Gasteiger partial charge in [-0.3, -0.25) is 0 Å². The molecule has 6 heteroatoms. The Morgan fingerprint density at radius 2 is 2.41 bits per heavy atom. The molecule has 1 aliphatic rings. The SMILES string of the molecule is COC(=O)c1nc(NC2(C)CCOC2)sc1C. The lowest BCUT2D eigenvalue weighted by molar-refractivity contribution is 0.0594. The minimum atomic E-state index is -0.389. The Bertz CT molecular complexity index is 424. The third kappa shape index (κ3) is 2.58. The fourth-order valence-corrected chi connectivity index (χ4v) is 2.71. The first-order valence-corrected chi connectivity index (χ1v) is 6.27. The van der Waals surface area contributed by atoms with Crippen LogP contribution in [0.2, 0.25) is 0 Å². The Morgan fingerprint density at radius 1 is 1.65 bits per heavy atom. The molecule has 0 spiro atoms. The zero-order valence-electron chi connectivity index (χ0n) is 10.2. The molecular weight excluding hydrogens is 240 g/mol. The Labute approximate surface area is 104 Å². The van der Waals surface area contributed by atoms with E-state index in [2.05, 4.69) is 22.0 Å². The molecule has 2 rings (SSSR count). The number of thiazole rings is 1. The molecule has 0 saturated carbocycles. The molecule has 1 aromatic heterocycles. The second kappa shape index (κ2) is 4.62. The first-order valence-electron chi connectivity index (χ1n) is 5.46. The van der Waals surface area contributed by atoms with E-state index in [1.54, 1.807) is 0 Å². The van der Waals surface area contributed by atoms with Gasteiger partial charge in [0.1, 0.15) is 0 Å². The zero-order chi connectivity index (χ0) is 12.5. The number of hydrogen-bond acceptors (Lipinski definition) is 6. The van der Waals surface area contributed by atoms with Crippen molar-refractivity contribution >= 4 is 22.4 Å². The summed E-state index contributed by atoms with van der Waals surface area (Å²) in [7, 11) is 1.36. The molecule has 0 aromatic carbocycles. The van der Waals surface area contributed by atoms with E-state index in [0.29, 0.717) is 12.3 Å². The number of carbonyl (C=O) groups is 1. The van der Waals surface area contributed by atoms with Crippen LogP contribution in [-0.4, -0.2) is 36.8 Å². The lowest BCUT2D eigenvalue weighted by atomic mass is 10.0. The van der Waals surface area contributed by atoms with Crippen LogP contribution < -0.4 is 5.32 Å². The smallest absolute Gasteiger partial charge is 0.357 e. The van der Waals surface area contributed by atoms with Crippen molar-refractivity contribution in [2.75, 3.05) is 25.6 Å². The zero-order valence-corrected chi connectivity index (χ0v) is 11.0. The number of nitrogens with one attached hydrogen (secondary N) is 1. The summed E-state index contributed by atoms with van der Waals surface area (Å²) in [6.07, 6.45) is 0.944. The number of methoxy groups -OCH3 is 1. The highest BCUT2D eigenvalue weighted by Gasteiger charge is 2.31. The van der Waals surface area contributed by atoms with Crippen molar-refractivity contribution in [2.45, 2.75) is 25.8 Å². The Balaban J connectivity index is 2.14. The normalized spacial score (nSPS) is 23.7. The summed E-state index contributed by atoms with van der Waals surface area (Å²) in [4.78, 5) is 16.6. The minimum absolute atomic E-state index is 0.0856. The van der Waals surface area contributed by atoms with Crippen LogP contribution >= 0.6 is 11.3 Å². The van der Waals surface area contributed by atoms with Gasteiger partial charge in [-0.25, -0.2) is 9.78 Å². The lowest BCUT2D eigenvalue weighted by Crippen LogP contribution is -2.34. The molecule has 0 amide bonds. The van der Waals surface area contributed by atoms with E-state index in [1.807, 2.05) is 6.92 Å². The number of nitrogens with zero attached hydrogens (tertiary/aromatic N) is 1. The van der Waals surface area contributed by atoms with Gasteiger partial charge in [0.25, 0.3) is 0 Å². The van der Waals surface area contributed by atoms with Crippen molar-refractivity contribution in [1.29, 1.82) is 0 Å². The number of rotatable bonds is 3. The molecule has 1 aliphatic heterocycles. The van der Waals surface area contributed by atoms with Crippen molar-refractivity contribution in [1.82, 2.24) is 4.98 Å². The summed E-state index contributed by atoms with van der Waals surface area (Å²) in [6, 6.07) is 0. The van der Waals surface area contributed by atoms with Crippen LogP contribution in [0.5, 0.6) is 0 Å². The quantitative estimate of drug-likeness (QED) is 0.836. The first kappa shape index (κ1) is 12.3. The molecule has 0 aliphatic carbocycles. The molecule has 17 heavy (non-hydrogen) atoms. The van der Waals surface area contributed by atoms with Crippen molar-refractivity contribution in [3.05, 3.63) is 10.6 Å². The fraction of sp³-hybridized carbons (Fsp3) is 0.636. The van der Waals surface area contributed by atoms with Crippen LogP contribution in [0.1, 0.15) is 28.7 Å². The average Bonchev–Trinajstić information content (AvgIpc) is 2.85. The van der Waals surface area contributed by atoms with Crippen LogP contribution in [0.3, 0.4) is 0 Å². The molecule has 94 valence electrons. The second-order valence-corrected chi connectivity index (χ2v) is 5.61. The average molecular weight is 256 g/mol. The first-order chi connectivity index (χ1) is 8.04. The van der Waals surface area contributed by atoms with Gasteiger partial charge in [-0.1, -0.05) is 0 Å². The number of aromatic nitrogens is 1. The topological polar surface area (TPSA) is 60.5 Å². The number of ether oxygens (including phenoxy) is 2. The van der Waals surface area contributed by atoms with Crippen LogP contribution in [0.15, 0.2) is 0 Å². The number of aryl methyl sites for hydroxylation is 1. The van der Waals surface area contributed by atoms with E-state index in [0.717, 1.165) is 23.0 Å². The largest absolute Gasteiger partial charge is 0.464 e. The standard InChI is InChI=1S/C11H16N2O3S/c1-7-8(9(14)15-3)12-10(17-7)13-11(2)4-5-16-6-11/h4-6H2,1-3H3,(H,12,13). The van der Waals surface area contributed by atoms with Gasteiger partial charge in [-0.15, -0.1) is 11.3 Å². The predicted molar refractivity (Wildman–Crippen MR) is 65.7 cm³/mol. The third-order valence-corrected chi connectivity index (χ3v) is 3.69. The summed E-state index contributed by atoms with van der Waals surface area (Å²) in [6.45, 7) is 5.38. The second-order valence-electron chi connectivity index (χ2n) is 4.40. The molecule has 5 nitrogen and oxygen atoms in total. The summed E-state index contributed by atoms with van der Waals surface area (Å²) in [5.41, 5.74) is 0.306. The van der Waals surface area contributed by atoms with Gasteiger partial charge in [-0.2, -0.15) is 0 Å². The van der Waals surface area contributed by atoms with Crippen molar-refractivity contribution in [3.63, 3.8) is 0 Å². The van der Waals surface area contributed by atoms with Crippen molar-refractivity contribution in [2.24, 2.45) is 0 Å². The molecule has 1 unspecified atom stereocenters. The highest BCUT2D eigenvalue weighted by atomic mass is 32.1. The van der Waals surface area contributed by atoms with Crippen LogP contribution in [0.4, 0.5) is 5.13 Å². The number of anilines is 1. The number of esters is 1. The van der Waals surface area contributed by atoms with Crippen LogP contribution in [0.25, 0.3) is 0 Å². The summed E-state index contributed by atoms with van der Waals surface area (Å²) >= 11 is 1.46. The molecule has 1 saturated heterocycles. The maximum atomic E-state index is 11.4. The number of carbonyl (C=O) groups excluding carboxylic acids is 1. The van der Waals surface area contributed by atoms with E-state index >= 15 is 0 Å². The molecular formula is C11H16N2O3S. The molecule has 2 heterocycles. The molecule has 1 fully saturated rings. The number of hydrogen-bond donors (Lipinski definition) is 1. The monoisotopic (exact) mass is 256 g/mol. The predicted octanol–water partition coefficient (Wildman–Crippen LogP) is 1.83. The molecule has 1 atom stereocenters. The summed E-state index contributed by atoms with van der Waals surface area (Å²) in [5.74, 6) is -0.389. The molecule has 0 bridgehead atoms. The van der Waals surface area contributed by atoms with Gasteiger partial charge in [-0.05, 0) is 20.3 Å². The van der Waals surface area contributed by atoms with Gasteiger partial charge in [0.15, 0.2) is 10.8 Å². The highest BCUT2D eigenvalue weighted by Crippen LogP contribution is 2.28. The van der Waals surface area contributed by atoms with Gasteiger partial charge < -0.3 is 14.8 Å². The summed E-state index contributed by atoms with van der Waals surface area (Å²) in [5, 5.41) is 4.08. The van der Waals surface area contributed by atoms with E-state index in [4.69, 9.17) is 4.74 Å². The van der Waals surface area contributed by atoms with Crippen LogP contribution in [-0.2, 0) is 9.47 Å². The Hall–Kier alpha value is -1.14. The molecule has 1 aromatic rings. The fourth-order valence-electron chi connectivity index (χ4n) is 1.76.